The highest BCUT2D eigenvalue weighted by molar-refractivity contribution is 5.90. The molecule has 1 N–H and O–H groups in total. The summed E-state index contributed by atoms with van der Waals surface area (Å²) in [6.45, 7) is -0.415. The number of carbonyl (C=O) groups is 2. The lowest BCUT2D eigenvalue weighted by molar-refractivity contribution is -0.139. The van der Waals surface area contributed by atoms with Gasteiger partial charge >= 0.3 is 23.8 Å². The van der Waals surface area contributed by atoms with Crippen LogP contribution in [-0.4, -0.2) is 40.3 Å². The zero-order valence-electron chi connectivity index (χ0n) is 18.4. The van der Waals surface area contributed by atoms with Crippen LogP contribution in [0, 0.1) is 0 Å². The second kappa shape index (κ2) is 10.2. The lowest BCUT2D eigenvalue weighted by Crippen LogP contribution is -2.36. The minimum absolute atomic E-state index is 0.210. The third-order valence-corrected chi connectivity index (χ3v) is 5.42. The van der Waals surface area contributed by atoms with Gasteiger partial charge in [-0.1, -0.05) is 36.4 Å². The van der Waals surface area contributed by atoms with Gasteiger partial charge in [0.1, 0.15) is 30.6 Å². The van der Waals surface area contributed by atoms with Crippen molar-refractivity contribution in [3.8, 4) is 0 Å². The summed E-state index contributed by atoms with van der Waals surface area (Å²) >= 11 is 0. The molecule has 188 valence electrons. The van der Waals surface area contributed by atoms with Crippen LogP contribution in [0.15, 0.2) is 76.4 Å². The van der Waals surface area contributed by atoms with E-state index in [2.05, 4.69) is 0 Å². The van der Waals surface area contributed by atoms with Crippen LogP contribution >= 0.6 is 0 Å². The number of aromatic nitrogens is 2. The number of halogens is 3. The molecule has 1 aliphatic heterocycles. The fourth-order valence-electron chi connectivity index (χ4n) is 3.64. The van der Waals surface area contributed by atoms with Crippen LogP contribution in [0.5, 0.6) is 0 Å². The van der Waals surface area contributed by atoms with Gasteiger partial charge in [-0.2, -0.15) is 13.2 Å². The molecule has 1 saturated heterocycles. The summed E-state index contributed by atoms with van der Waals surface area (Å²) in [5, 5.41) is 0. The summed E-state index contributed by atoms with van der Waals surface area (Å²) in [5.41, 5.74) is -3.88. The number of ether oxygens (including phenoxy) is 3. The SMILES string of the molecule is O=C(OC[C@H]1O[C@@H](n2cc(C(F)(F)F)c(=O)[nH]c2=O)C[C@H]1OC(=O)c1ccccc1)c1ccccc1. The van der Waals surface area contributed by atoms with Gasteiger partial charge in [0.25, 0.3) is 5.56 Å². The zero-order chi connectivity index (χ0) is 25.9. The highest BCUT2D eigenvalue weighted by Gasteiger charge is 2.42. The molecular formula is C24H19F3N2O7. The standard InChI is InChI=1S/C24H19F3N2O7/c25-24(26,27)16-12-29(23(33)28-20(16)30)19-11-17(36-22(32)15-9-5-2-6-10-15)18(35-19)13-34-21(31)14-7-3-1-4-8-14/h1-10,12,17-19H,11,13H2,(H,28,30,33)/t17-,18-,19-/m1/s1. The third-order valence-electron chi connectivity index (χ3n) is 5.42. The molecule has 1 aromatic heterocycles. The average molecular weight is 504 g/mol. The molecule has 0 amide bonds. The summed E-state index contributed by atoms with van der Waals surface area (Å²) in [5.74, 6) is -1.44. The van der Waals surface area contributed by atoms with Gasteiger partial charge in [-0.15, -0.1) is 0 Å². The summed E-state index contributed by atoms with van der Waals surface area (Å²) in [7, 11) is 0. The molecule has 0 spiro atoms. The van der Waals surface area contributed by atoms with Gasteiger partial charge < -0.3 is 14.2 Å². The van der Waals surface area contributed by atoms with E-state index >= 15 is 0 Å². The molecule has 12 heteroatoms. The fourth-order valence-corrected chi connectivity index (χ4v) is 3.64. The van der Waals surface area contributed by atoms with E-state index in [9.17, 15) is 32.3 Å². The van der Waals surface area contributed by atoms with Crippen molar-refractivity contribution in [2.75, 3.05) is 6.61 Å². The van der Waals surface area contributed by atoms with Gasteiger partial charge in [0.2, 0.25) is 0 Å². The minimum atomic E-state index is -5.02. The number of rotatable bonds is 6. The van der Waals surface area contributed by atoms with Crippen LogP contribution < -0.4 is 11.2 Å². The predicted molar refractivity (Wildman–Crippen MR) is 117 cm³/mol. The molecule has 0 aliphatic carbocycles. The van der Waals surface area contributed by atoms with E-state index in [4.69, 9.17) is 14.2 Å². The largest absolute Gasteiger partial charge is 0.459 e. The van der Waals surface area contributed by atoms with Crippen LogP contribution in [0.4, 0.5) is 13.2 Å². The molecule has 4 rings (SSSR count). The van der Waals surface area contributed by atoms with Crippen LogP contribution in [-0.2, 0) is 20.4 Å². The number of nitrogens with one attached hydrogen (secondary N) is 1. The van der Waals surface area contributed by atoms with Crippen LogP contribution in [0.1, 0.15) is 38.9 Å². The third kappa shape index (κ3) is 5.54. The van der Waals surface area contributed by atoms with Crippen molar-refractivity contribution in [2.24, 2.45) is 0 Å². The minimum Gasteiger partial charge on any atom is -0.459 e. The zero-order valence-corrected chi connectivity index (χ0v) is 18.4. The normalized spacial score (nSPS) is 19.6. The van der Waals surface area contributed by atoms with E-state index in [1.54, 1.807) is 41.4 Å². The number of benzene rings is 2. The summed E-state index contributed by atoms with van der Waals surface area (Å²) in [4.78, 5) is 50.5. The van der Waals surface area contributed by atoms with Crippen molar-refractivity contribution in [1.29, 1.82) is 0 Å². The molecule has 3 atom stereocenters. The Kier molecular flexibility index (Phi) is 7.06. The topological polar surface area (TPSA) is 117 Å². The molecule has 0 bridgehead atoms. The Bertz CT molecular complexity index is 1350. The Morgan fingerprint density at radius 2 is 1.56 bits per heavy atom. The van der Waals surface area contributed by atoms with E-state index in [1.807, 2.05) is 0 Å². The number of hydrogen-bond donors (Lipinski definition) is 1. The van der Waals surface area contributed by atoms with Gasteiger partial charge in [0, 0.05) is 12.6 Å². The summed E-state index contributed by atoms with van der Waals surface area (Å²) in [6, 6.07) is 15.9. The maximum Gasteiger partial charge on any atom is 0.423 e. The van der Waals surface area contributed by atoms with E-state index in [-0.39, 0.29) is 17.5 Å². The van der Waals surface area contributed by atoms with Crippen molar-refractivity contribution >= 4 is 11.9 Å². The number of nitrogens with zero attached hydrogens (tertiary/aromatic N) is 1. The molecular weight excluding hydrogens is 485 g/mol. The molecule has 3 aromatic rings. The lowest BCUT2D eigenvalue weighted by Gasteiger charge is -2.19. The van der Waals surface area contributed by atoms with E-state index < -0.39 is 60.0 Å². The van der Waals surface area contributed by atoms with Crippen molar-refractivity contribution in [3.63, 3.8) is 0 Å². The van der Waals surface area contributed by atoms with Crippen LogP contribution in [0.25, 0.3) is 0 Å². The molecule has 1 fully saturated rings. The molecule has 1 aliphatic rings. The monoisotopic (exact) mass is 504 g/mol. The fraction of sp³-hybridized carbons (Fsp3) is 0.250. The van der Waals surface area contributed by atoms with Gasteiger partial charge in [0.05, 0.1) is 11.1 Å². The molecule has 2 heterocycles. The summed E-state index contributed by atoms with van der Waals surface area (Å²) < 4.78 is 56.7. The maximum atomic E-state index is 13.2. The van der Waals surface area contributed by atoms with Gasteiger partial charge in [-0.3, -0.25) is 14.3 Å². The highest BCUT2D eigenvalue weighted by atomic mass is 19.4. The number of aromatic amines is 1. The van der Waals surface area contributed by atoms with Crippen molar-refractivity contribution < 1.29 is 37.0 Å². The van der Waals surface area contributed by atoms with Gasteiger partial charge in [-0.25, -0.2) is 14.4 Å². The highest BCUT2D eigenvalue weighted by Crippen LogP contribution is 2.32. The number of hydrogen-bond acceptors (Lipinski definition) is 7. The first-order valence-electron chi connectivity index (χ1n) is 10.7. The molecule has 0 unspecified atom stereocenters. The predicted octanol–water partition coefficient (Wildman–Crippen LogP) is 2.93. The van der Waals surface area contributed by atoms with Crippen LogP contribution in [0.3, 0.4) is 0 Å². The van der Waals surface area contributed by atoms with E-state index in [1.165, 1.54) is 24.3 Å². The first-order valence-corrected chi connectivity index (χ1v) is 10.7. The van der Waals surface area contributed by atoms with E-state index in [0.717, 1.165) is 0 Å². The maximum absolute atomic E-state index is 13.2. The second-order valence-electron chi connectivity index (χ2n) is 7.85. The van der Waals surface area contributed by atoms with Crippen molar-refractivity contribution in [3.05, 3.63) is 104 Å². The van der Waals surface area contributed by atoms with Gasteiger partial charge in [0.15, 0.2) is 0 Å². The molecule has 0 saturated carbocycles. The quantitative estimate of drug-likeness (QED) is 0.513. The van der Waals surface area contributed by atoms with Crippen LogP contribution in [0.2, 0.25) is 0 Å². The molecule has 2 aromatic carbocycles. The molecule has 9 nitrogen and oxygen atoms in total. The number of alkyl halides is 3. The first-order chi connectivity index (χ1) is 17.1. The Balaban J connectivity index is 1.58. The lowest BCUT2D eigenvalue weighted by atomic mass is 10.1. The Labute approximate surface area is 201 Å². The van der Waals surface area contributed by atoms with Crippen molar-refractivity contribution in [2.45, 2.75) is 31.0 Å². The average Bonchev–Trinajstić information content (AvgIpc) is 3.24. The summed E-state index contributed by atoms with van der Waals surface area (Å²) in [6.07, 6.45) is -8.45. The smallest absolute Gasteiger partial charge is 0.423 e. The number of esters is 2. The first kappa shape index (κ1) is 24.9. The van der Waals surface area contributed by atoms with Crippen molar-refractivity contribution in [1.82, 2.24) is 9.55 Å². The second-order valence-corrected chi connectivity index (χ2v) is 7.85. The number of H-pyrrole nitrogens is 1. The molecule has 36 heavy (non-hydrogen) atoms. The Hall–Kier alpha value is -4.19. The van der Waals surface area contributed by atoms with E-state index in [0.29, 0.717) is 10.8 Å². The Morgan fingerprint density at radius 3 is 2.14 bits per heavy atom. The Morgan fingerprint density at radius 1 is 0.972 bits per heavy atom. The van der Waals surface area contributed by atoms with Gasteiger partial charge in [-0.05, 0) is 24.3 Å². The molecule has 0 radical (unpaired) electrons. The number of carbonyl (C=O) groups excluding carboxylic acids is 2.